The molecule has 1 N–H and O–H groups in total. The SMILES string of the molecule is CN(C)C(=O)N1CCCC(C(=O)NCc2nc(C3CCCCC3)no2)C1. The van der Waals surface area contributed by atoms with Crippen LogP contribution in [0.1, 0.15) is 62.6 Å². The number of piperidine rings is 1. The molecule has 3 amide bonds. The average Bonchev–Trinajstić information content (AvgIpc) is 3.15. The van der Waals surface area contributed by atoms with Crippen molar-refractivity contribution in [1.29, 1.82) is 0 Å². The number of carbonyl (C=O) groups is 2. The minimum atomic E-state index is -0.187. The van der Waals surface area contributed by atoms with E-state index in [0.29, 0.717) is 24.9 Å². The Hall–Kier alpha value is -2.12. The van der Waals surface area contributed by atoms with Gasteiger partial charge in [0.15, 0.2) is 5.82 Å². The number of aromatic nitrogens is 2. The van der Waals surface area contributed by atoms with Crippen molar-refractivity contribution in [3.8, 4) is 0 Å². The number of carbonyl (C=O) groups excluding carboxylic acids is 2. The summed E-state index contributed by atoms with van der Waals surface area (Å²) in [5.41, 5.74) is 0. The highest BCUT2D eigenvalue weighted by atomic mass is 16.5. The molecule has 26 heavy (non-hydrogen) atoms. The number of likely N-dealkylation sites (tertiary alicyclic amines) is 1. The molecule has 1 aliphatic heterocycles. The van der Waals surface area contributed by atoms with Crippen molar-refractivity contribution in [1.82, 2.24) is 25.3 Å². The summed E-state index contributed by atoms with van der Waals surface area (Å²) in [5, 5.41) is 6.98. The van der Waals surface area contributed by atoms with Gasteiger partial charge in [-0.1, -0.05) is 24.4 Å². The smallest absolute Gasteiger partial charge is 0.319 e. The van der Waals surface area contributed by atoms with Gasteiger partial charge < -0.3 is 19.6 Å². The maximum atomic E-state index is 12.5. The number of amides is 3. The van der Waals surface area contributed by atoms with E-state index in [9.17, 15) is 9.59 Å². The highest BCUT2D eigenvalue weighted by Crippen LogP contribution is 2.30. The Balaban J connectivity index is 1.49. The van der Waals surface area contributed by atoms with Crippen LogP contribution in [0.2, 0.25) is 0 Å². The molecule has 0 aromatic carbocycles. The van der Waals surface area contributed by atoms with Gasteiger partial charge >= 0.3 is 6.03 Å². The lowest BCUT2D eigenvalue weighted by molar-refractivity contribution is -0.126. The summed E-state index contributed by atoms with van der Waals surface area (Å²) < 4.78 is 5.30. The minimum Gasteiger partial charge on any atom is -0.347 e. The molecule has 8 nitrogen and oxygen atoms in total. The number of hydrogen-bond donors (Lipinski definition) is 1. The van der Waals surface area contributed by atoms with Crippen LogP contribution in [-0.2, 0) is 11.3 Å². The van der Waals surface area contributed by atoms with E-state index in [0.717, 1.165) is 31.5 Å². The van der Waals surface area contributed by atoms with E-state index >= 15 is 0 Å². The number of hydrogen-bond acceptors (Lipinski definition) is 5. The van der Waals surface area contributed by atoms with E-state index in [4.69, 9.17) is 4.52 Å². The Labute approximate surface area is 154 Å². The fourth-order valence-corrected chi connectivity index (χ4v) is 3.82. The van der Waals surface area contributed by atoms with E-state index in [1.165, 1.54) is 19.3 Å². The topological polar surface area (TPSA) is 91.6 Å². The van der Waals surface area contributed by atoms with Gasteiger partial charge in [-0.3, -0.25) is 4.79 Å². The number of nitrogens with one attached hydrogen (secondary N) is 1. The van der Waals surface area contributed by atoms with E-state index in [-0.39, 0.29) is 24.4 Å². The zero-order valence-electron chi connectivity index (χ0n) is 15.7. The van der Waals surface area contributed by atoms with Crippen LogP contribution in [0.25, 0.3) is 0 Å². The summed E-state index contributed by atoms with van der Waals surface area (Å²) in [6, 6.07) is -0.0449. The fraction of sp³-hybridized carbons (Fsp3) is 0.778. The number of rotatable bonds is 4. The van der Waals surface area contributed by atoms with Crippen molar-refractivity contribution in [2.24, 2.45) is 5.92 Å². The van der Waals surface area contributed by atoms with Crippen molar-refractivity contribution in [3.63, 3.8) is 0 Å². The largest absolute Gasteiger partial charge is 0.347 e. The third kappa shape index (κ3) is 4.53. The zero-order chi connectivity index (χ0) is 18.5. The van der Waals surface area contributed by atoms with Gasteiger partial charge in [0, 0.05) is 33.1 Å². The Morgan fingerprint density at radius 1 is 1.19 bits per heavy atom. The maximum absolute atomic E-state index is 12.5. The summed E-state index contributed by atoms with van der Waals surface area (Å²) >= 11 is 0. The van der Waals surface area contributed by atoms with Crippen molar-refractivity contribution in [3.05, 3.63) is 11.7 Å². The number of nitrogens with zero attached hydrogens (tertiary/aromatic N) is 4. The quantitative estimate of drug-likeness (QED) is 0.885. The number of urea groups is 1. The van der Waals surface area contributed by atoms with Gasteiger partial charge in [0.1, 0.15) is 0 Å². The van der Waals surface area contributed by atoms with Crippen molar-refractivity contribution < 1.29 is 14.1 Å². The van der Waals surface area contributed by atoms with Crippen molar-refractivity contribution >= 4 is 11.9 Å². The maximum Gasteiger partial charge on any atom is 0.319 e. The Morgan fingerprint density at radius 2 is 1.96 bits per heavy atom. The summed E-state index contributed by atoms with van der Waals surface area (Å²) in [6.07, 6.45) is 7.58. The van der Waals surface area contributed by atoms with Crippen LogP contribution in [0.5, 0.6) is 0 Å². The van der Waals surface area contributed by atoms with E-state index < -0.39 is 0 Å². The second-order valence-electron chi connectivity index (χ2n) is 7.56. The van der Waals surface area contributed by atoms with Crippen LogP contribution in [0, 0.1) is 5.92 Å². The third-order valence-corrected chi connectivity index (χ3v) is 5.31. The van der Waals surface area contributed by atoms with Gasteiger partial charge in [-0.15, -0.1) is 0 Å². The lowest BCUT2D eigenvalue weighted by atomic mass is 9.89. The lowest BCUT2D eigenvalue weighted by Crippen LogP contribution is -2.48. The van der Waals surface area contributed by atoms with E-state index in [1.807, 2.05) is 0 Å². The molecule has 0 spiro atoms. The molecule has 2 aliphatic rings. The van der Waals surface area contributed by atoms with Crippen LogP contribution in [0.15, 0.2) is 4.52 Å². The summed E-state index contributed by atoms with van der Waals surface area (Å²) in [7, 11) is 3.46. The van der Waals surface area contributed by atoms with E-state index in [1.54, 1.807) is 23.9 Å². The molecule has 1 atom stereocenters. The van der Waals surface area contributed by atoms with Gasteiger partial charge in [0.25, 0.3) is 0 Å². The third-order valence-electron chi connectivity index (χ3n) is 5.31. The predicted molar refractivity (Wildman–Crippen MR) is 95.4 cm³/mol. The normalized spacial score (nSPS) is 21.5. The zero-order valence-corrected chi connectivity index (χ0v) is 15.7. The van der Waals surface area contributed by atoms with Crippen LogP contribution in [0.3, 0.4) is 0 Å². The Morgan fingerprint density at radius 3 is 2.69 bits per heavy atom. The molecule has 1 aliphatic carbocycles. The summed E-state index contributed by atoms with van der Waals surface area (Å²) in [6.45, 7) is 1.41. The Bertz CT molecular complexity index is 624. The first kappa shape index (κ1) is 18.7. The fourth-order valence-electron chi connectivity index (χ4n) is 3.82. The molecule has 1 aromatic rings. The minimum absolute atomic E-state index is 0.0449. The molecule has 8 heteroatoms. The van der Waals surface area contributed by atoms with Crippen LogP contribution >= 0.6 is 0 Å². The standard InChI is InChI=1S/C18H29N5O3/c1-22(2)18(25)23-10-6-9-14(12-23)17(24)19-11-15-20-16(21-26-15)13-7-4-3-5-8-13/h13-14H,3-12H2,1-2H3,(H,19,24). The van der Waals surface area contributed by atoms with Gasteiger partial charge in [-0.2, -0.15) is 4.98 Å². The van der Waals surface area contributed by atoms with E-state index in [2.05, 4.69) is 15.5 Å². The summed E-state index contributed by atoms with van der Waals surface area (Å²) in [5.74, 6) is 1.37. The molecule has 1 unspecified atom stereocenters. The Kier molecular flexibility index (Phi) is 6.11. The van der Waals surface area contributed by atoms with Gasteiger partial charge in [0.05, 0.1) is 12.5 Å². The second-order valence-corrected chi connectivity index (χ2v) is 7.56. The first-order valence-electron chi connectivity index (χ1n) is 9.61. The molecular formula is C18H29N5O3. The molecule has 1 saturated carbocycles. The van der Waals surface area contributed by atoms with Gasteiger partial charge in [-0.25, -0.2) is 4.79 Å². The molecule has 1 aromatic heterocycles. The highest BCUT2D eigenvalue weighted by Gasteiger charge is 2.29. The first-order valence-corrected chi connectivity index (χ1v) is 9.61. The van der Waals surface area contributed by atoms with Crippen LogP contribution < -0.4 is 5.32 Å². The molecule has 2 fully saturated rings. The van der Waals surface area contributed by atoms with Crippen molar-refractivity contribution in [2.75, 3.05) is 27.2 Å². The molecule has 2 heterocycles. The molecule has 3 rings (SSSR count). The highest BCUT2D eigenvalue weighted by molar-refractivity contribution is 5.80. The molecule has 144 valence electrons. The van der Waals surface area contributed by atoms with Gasteiger partial charge in [-0.05, 0) is 25.7 Å². The van der Waals surface area contributed by atoms with Gasteiger partial charge in [0.2, 0.25) is 11.8 Å². The molecule has 0 radical (unpaired) electrons. The summed E-state index contributed by atoms with van der Waals surface area (Å²) in [4.78, 5) is 32.3. The predicted octanol–water partition coefficient (Wildman–Crippen LogP) is 2.13. The molecular weight excluding hydrogens is 334 g/mol. The molecule has 1 saturated heterocycles. The average molecular weight is 363 g/mol. The lowest BCUT2D eigenvalue weighted by Gasteiger charge is -2.33. The second kappa shape index (κ2) is 8.51. The first-order chi connectivity index (χ1) is 12.5. The van der Waals surface area contributed by atoms with Crippen LogP contribution in [0.4, 0.5) is 4.79 Å². The monoisotopic (exact) mass is 363 g/mol. The molecule has 0 bridgehead atoms. The van der Waals surface area contributed by atoms with Crippen LogP contribution in [-0.4, -0.2) is 59.1 Å². The van der Waals surface area contributed by atoms with Crippen molar-refractivity contribution in [2.45, 2.75) is 57.4 Å².